The molecule has 9 aromatic rings. The van der Waals surface area contributed by atoms with E-state index >= 15 is 0 Å². The van der Waals surface area contributed by atoms with E-state index in [2.05, 4.69) is 120 Å². The summed E-state index contributed by atoms with van der Waals surface area (Å²) in [5, 5.41) is 5.63. The predicted octanol–water partition coefficient (Wildman–Crippen LogP) is 9.76. The summed E-state index contributed by atoms with van der Waals surface area (Å²) in [4.78, 5) is 14.8. The van der Waals surface area contributed by atoms with Crippen LogP contribution < -0.4 is 0 Å². The van der Waals surface area contributed by atoms with Crippen LogP contribution in [0.4, 0.5) is 0 Å². The summed E-state index contributed by atoms with van der Waals surface area (Å²) < 4.78 is 2.29. The van der Waals surface area contributed by atoms with Crippen LogP contribution in [0.5, 0.6) is 0 Å². The van der Waals surface area contributed by atoms with Gasteiger partial charge in [0.25, 0.3) is 0 Å². The van der Waals surface area contributed by atoms with Gasteiger partial charge in [0.1, 0.15) is 0 Å². The maximum Gasteiger partial charge on any atom is 0.0963 e. The second-order valence-corrected chi connectivity index (χ2v) is 10.9. The molecule has 9 rings (SSSR count). The van der Waals surface area contributed by atoms with E-state index in [4.69, 9.17) is 15.0 Å². The summed E-state index contributed by atoms with van der Waals surface area (Å²) in [6.45, 7) is 0. The first-order valence-electron chi connectivity index (χ1n) is 14.5. The lowest BCUT2D eigenvalue weighted by Crippen LogP contribution is -1.93. The van der Waals surface area contributed by atoms with Gasteiger partial charge in [-0.05, 0) is 71.8 Å². The molecule has 0 spiro atoms. The number of nitrogens with zero attached hydrogens (tertiary/aromatic N) is 4. The number of rotatable bonds is 3. The third-order valence-electron chi connectivity index (χ3n) is 8.46. The highest BCUT2D eigenvalue weighted by atomic mass is 15.0. The van der Waals surface area contributed by atoms with Crippen molar-refractivity contribution in [2.24, 2.45) is 0 Å². The topological polar surface area (TPSA) is 43.6 Å². The van der Waals surface area contributed by atoms with E-state index in [0.29, 0.717) is 0 Å². The Bertz CT molecular complexity index is 2480. The summed E-state index contributed by atoms with van der Waals surface area (Å²) in [5.41, 5.74) is 10.7. The zero-order chi connectivity index (χ0) is 28.3. The van der Waals surface area contributed by atoms with Crippen LogP contribution in [0.1, 0.15) is 0 Å². The Morgan fingerprint density at radius 3 is 1.93 bits per heavy atom. The highest BCUT2D eigenvalue weighted by molar-refractivity contribution is 6.23. The molecule has 0 saturated heterocycles. The van der Waals surface area contributed by atoms with Gasteiger partial charge in [-0.1, -0.05) is 72.8 Å². The van der Waals surface area contributed by atoms with Crippen LogP contribution in [0, 0.1) is 0 Å². The van der Waals surface area contributed by atoms with Gasteiger partial charge in [-0.25, -0.2) is 4.98 Å². The molecule has 4 aromatic heterocycles. The molecule has 0 amide bonds. The Kier molecular flexibility index (Phi) is 5.16. The van der Waals surface area contributed by atoms with Crippen LogP contribution >= 0.6 is 0 Å². The Morgan fingerprint density at radius 1 is 0.395 bits per heavy atom. The molecule has 0 bridgehead atoms. The largest absolute Gasteiger partial charge is 0.308 e. The number of hydrogen-bond acceptors (Lipinski definition) is 3. The van der Waals surface area contributed by atoms with Crippen LogP contribution in [0.2, 0.25) is 0 Å². The van der Waals surface area contributed by atoms with Gasteiger partial charge in [0.05, 0.1) is 33.3 Å². The Labute approximate surface area is 247 Å². The molecule has 0 N–H and O–H groups in total. The second-order valence-electron chi connectivity index (χ2n) is 10.9. The maximum atomic E-state index is 5.25. The predicted molar refractivity (Wildman–Crippen MR) is 178 cm³/mol. The van der Waals surface area contributed by atoms with Gasteiger partial charge in [-0.3, -0.25) is 9.97 Å². The quantitative estimate of drug-likeness (QED) is 0.206. The molecule has 0 aliphatic rings. The minimum Gasteiger partial charge on any atom is -0.308 e. The summed E-state index contributed by atoms with van der Waals surface area (Å²) in [7, 11) is 0. The van der Waals surface area contributed by atoms with Crippen molar-refractivity contribution < 1.29 is 0 Å². The fraction of sp³-hybridized carbons (Fsp3) is 0. The molecule has 5 aromatic carbocycles. The van der Waals surface area contributed by atoms with Crippen LogP contribution in [0.3, 0.4) is 0 Å². The van der Waals surface area contributed by atoms with Crippen molar-refractivity contribution in [1.29, 1.82) is 0 Å². The van der Waals surface area contributed by atoms with E-state index in [-0.39, 0.29) is 0 Å². The number of para-hydroxylation sites is 1. The van der Waals surface area contributed by atoms with Crippen molar-refractivity contribution >= 4 is 54.5 Å². The molecule has 4 heteroatoms. The lowest BCUT2D eigenvalue weighted by molar-refractivity contribution is 1.18. The fourth-order valence-corrected chi connectivity index (χ4v) is 6.50. The van der Waals surface area contributed by atoms with E-state index in [1.807, 2.05) is 30.6 Å². The number of fused-ring (bicyclic) bond motifs is 9. The average Bonchev–Trinajstić information content (AvgIpc) is 3.42. The summed E-state index contributed by atoms with van der Waals surface area (Å²) in [6, 6.07) is 46.9. The molecular formula is C39H24N4. The number of pyridine rings is 3. The van der Waals surface area contributed by atoms with E-state index in [1.54, 1.807) is 0 Å². The van der Waals surface area contributed by atoms with E-state index < -0.39 is 0 Å². The van der Waals surface area contributed by atoms with Crippen molar-refractivity contribution in [2.75, 3.05) is 0 Å². The molecular weight excluding hydrogens is 524 g/mol. The smallest absolute Gasteiger partial charge is 0.0963 e. The van der Waals surface area contributed by atoms with Gasteiger partial charge in [0, 0.05) is 50.6 Å². The van der Waals surface area contributed by atoms with Gasteiger partial charge in [-0.2, -0.15) is 0 Å². The van der Waals surface area contributed by atoms with Crippen LogP contribution in [0.15, 0.2) is 146 Å². The zero-order valence-corrected chi connectivity index (χ0v) is 23.1. The summed E-state index contributed by atoms with van der Waals surface area (Å²) >= 11 is 0. The lowest BCUT2D eigenvalue weighted by atomic mass is 9.98. The first kappa shape index (κ1) is 23.8. The molecule has 0 atom stereocenters. The van der Waals surface area contributed by atoms with Crippen LogP contribution in [0.25, 0.3) is 82.6 Å². The highest BCUT2D eigenvalue weighted by Crippen LogP contribution is 2.37. The second kappa shape index (κ2) is 9.33. The van der Waals surface area contributed by atoms with Gasteiger partial charge in [-0.15, -0.1) is 0 Å². The first-order chi connectivity index (χ1) is 21.3. The molecule has 200 valence electrons. The molecule has 4 heterocycles. The lowest BCUT2D eigenvalue weighted by Gasteiger charge is -2.11. The third kappa shape index (κ3) is 3.67. The average molecular weight is 549 g/mol. The van der Waals surface area contributed by atoms with Crippen molar-refractivity contribution in [1.82, 2.24) is 19.5 Å². The van der Waals surface area contributed by atoms with Gasteiger partial charge < -0.3 is 4.57 Å². The maximum absolute atomic E-state index is 5.25. The monoisotopic (exact) mass is 548 g/mol. The molecule has 0 aliphatic carbocycles. The summed E-state index contributed by atoms with van der Waals surface area (Å²) in [5.74, 6) is 0. The van der Waals surface area contributed by atoms with Crippen molar-refractivity contribution in [3.63, 3.8) is 0 Å². The zero-order valence-electron chi connectivity index (χ0n) is 23.1. The van der Waals surface area contributed by atoms with Gasteiger partial charge in [0.15, 0.2) is 0 Å². The molecule has 43 heavy (non-hydrogen) atoms. The Morgan fingerprint density at radius 2 is 1.07 bits per heavy atom. The van der Waals surface area contributed by atoms with Crippen molar-refractivity contribution in [3.8, 4) is 28.1 Å². The fourth-order valence-electron chi connectivity index (χ4n) is 6.50. The third-order valence-corrected chi connectivity index (χ3v) is 8.46. The molecule has 4 nitrogen and oxygen atoms in total. The summed E-state index contributed by atoms with van der Waals surface area (Å²) in [6.07, 6.45) is 3.74. The Hall–Kier alpha value is -5.87. The van der Waals surface area contributed by atoms with Crippen LogP contribution in [-0.2, 0) is 0 Å². The van der Waals surface area contributed by atoms with E-state index in [9.17, 15) is 0 Å². The SMILES string of the molecule is c1ccc(-n2c3ccc(-c4cccc(-c5ccc6c7cccnc7c7ccccc7c6n5)c4)cc3c3ncccc32)cc1. The molecule has 0 saturated carbocycles. The number of hydrogen-bond donors (Lipinski definition) is 0. The van der Waals surface area contributed by atoms with Crippen molar-refractivity contribution in [2.45, 2.75) is 0 Å². The molecule has 0 aliphatic heterocycles. The first-order valence-corrected chi connectivity index (χ1v) is 14.5. The number of aromatic nitrogens is 4. The van der Waals surface area contributed by atoms with E-state index in [1.165, 1.54) is 0 Å². The molecule has 0 radical (unpaired) electrons. The number of benzene rings is 5. The highest BCUT2D eigenvalue weighted by Gasteiger charge is 2.15. The Balaban J connectivity index is 1.21. The van der Waals surface area contributed by atoms with E-state index in [0.717, 1.165) is 82.6 Å². The molecule has 0 unspecified atom stereocenters. The molecule has 0 fully saturated rings. The van der Waals surface area contributed by atoms with Gasteiger partial charge in [0.2, 0.25) is 0 Å². The van der Waals surface area contributed by atoms with Crippen LogP contribution in [-0.4, -0.2) is 19.5 Å². The minimum absolute atomic E-state index is 0.950. The van der Waals surface area contributed by atoms with Crippen molar-refractivity contribution in [3.05, 3.63) is 146 Å². The normalized spacial score (nSPS) is 11.7. The van der Waals surface area contributed by atoms with Gasteiger partial charge >= 0.3 is 0 Å². The minimum atomic E-state index is 0.950. The standard InChI is InChI=1S/C39H24N4/c1-2-11-28(12-3-1)43-35-20-17-26(24-33(35)39-36(43)16-8-22-41-39)25-9-6-10-27(23-25)34-19-18-32-30-15-7-21-40-37(30)29-13-4-5-14-31(29)38(32)42-34/h1-24H.